The zero-order valence-corrected chi connectivity index (χ0v) is 12.0. The number of nitrogens with one attached hydrogen (secondary N) is 2. The zero-order chi connectivity index (χ0) is 14.0. The van der Waals surface area contributed by atoms with E-state index in [-0.39, 0.29) is 23.4 Å². The summed E-state index contributed by atoms with van der Waals surface area (Å²) in [4.78, 5) is 23.0. The fourth-order valence-corrected chi connectivity index (χ4v) is 2.68. The highest BCUT2D eigenvalue weighted by Crippen LogP contribution is 2.21. The van der Waals surface area contributed by atoms with E-state index in [0.29, 0.717) is 10.2 Å². The lowest BCUT2D eigenvalue weighted by Crippen LogP contribution is -2.39. The molecule has 1 heterocycles. The molecule has 102 valence electrons. The van der Waals surface area contributed by atoms with Crippen LogP contribution in [0, 0.1) is 5.92 Å². The van der Waals surface area contributed by atoms with E-state index in [1.165, 1.54) is 12.1 Å². The number of carboxylic acid groups (broad SMARTS) is 1. The van der Waals surface area contributed by atoms with Crippen LogP contribution in [-0.4, -0.2) is 29.6 Å². The van der Waals surface area contributed by atoms with E-state index in [4.69, 9.17) is 5.11 Å². The van der Waals surface area contributed by atoms with Crippen molar-refractivity contribution in [3.05, 3.63) is 28.2 Å². The van der Waals surface area contributed by atoms with Gasteiger partial charge in [-0.05, 0) is 37.1 Å². The van der Waals surface area contributed by atoms with Crippen LogP contribution in [0.15, 0.2) is 22.7 Å². The smallest absolute Gasteiger partial charge is 0.335 e. The normalized spacial score (nSPS) is 22.2. The molecule has 19 heavy (non-hydrogen) atoms. The molecular formula is C13H15BrN2O3. The minimum Gasteiger partial charge on any atom is -0.478 e. The summed E-state index contributed by atoms with van der Waals surface area (Å²) in [6, 6.07) is 4.41. The largest absolute Gasteiger partial charge is 0.478 e. The fraction of sp³-hybridized carbons (Fsp3) is 0.385. The monoisotopic (exact) mass is 326 g/mol. The highest BCUT2D eigenvalue weighted by atomic mass is 79.9. The molecule has 1 aliphatic rings. The van der Waals surface area contributed by atoms with E-state index in [2.05, 4.69) is 26.6 Å². The van der Waals surface area contributed by atoms with Gasteiger partial charge in [0.2, 0.25) is 5.91 Å². The number of carbonyl (C=O) groups excluding carboxylic acids is 1. The maximum atomic E-state index is 12.1. The third-order valence-electron chi connectivity index (χ3n) is 3.23. The van der Waals surface area contributed by atoms with Crippen LogP contribution in [0.1, 0.15) is 23.7 Å². The summed E-state index contributed by atoms with van der Waals surface area (Å²) >= 11 is 3.24. The molecule has 1 aromatic carbocycles. The minimum atomic E-state index is -1.02. The van der Waals surface area contributed by atoms with Crippen molar-refractivity contribution >= 4 is 33.5 Å². The van der Waals surface area contributed by atoms with Crippen LogP contribution in [0.4, 0.5) is 5.69 Å². The van der Waals surface area contributed by atoms with Gasteiger partial charge in [-0.3, -0.25) is 4.79 Å². The number of carbonyl (C=O) groups is 2. The molecule has 0 spiro atoms. The Labute approximate surface area is 119 Å². The van der Waals surface area contributed by atoms with Gasteiger partial charge in [-0.1, -0.05) is 22.9 Å². The summed E-state index contributed by atoms with van der Waals surface area (Å²) in [5.41, 5.74) is 0.620. The van der Waals surface area contributed by atoms with Crippen molar-refractivity contribution in [2.24, 2.45) is 5.92 Å². The maximum Gasteiger partial charge on any atom is 0.335 e. The van der Waals surface area contributed by atoms with E-state index >= 15 is 0 Å². The molecule has 2 atom stereocenters. The van der Waals surface area contributed by atoms with Crippen LogP contribution in [0.5, 0.6) is 0 Å². The molecule has 0 radical (unpaired) electrons. The molecule has 0 bridgehead atoms. The predicted octanol–water partition coefficient (Wildman–Crippen LogP) is 2.08. The molecule has 6 heteroatoms. The van der Waals surface area contributed by atoms with E-state index < -0.39 is 5.97 Å². The molecule has 0 aromatic heterocycles. The lowest BCUT2D eigenvalue weighted by molar-refractivity contribution is -0.118. The van der Waals surface area contributed by atoms with Gasteiger partial charge in [-0.25, -0.2) is 4.79 Å². The molecule has 1 amide bonds. The third-order valence-corrected chi connectivity index (χ3v) is 3.69. The first-order chi connectivity index (χ1) is 8.97. The van der Waals surface area contributed by atoms with E-state index in [1.54, 1.807) is 6.07 Å². The van der Waals surface area contributed by atoms with Crippen LogP contribution in [-0.2, 0) is 4.79 Å². The van der Waals surface area contributed by atoms with Gasteiger partial charge >= 0.3 is 5.97 Å². The average Bonchev–Trinajstić information content (AvgIpc) is 2.74. The Morgan fingerprint density at radius 2 is 2.16 bits per heavy atom. The number of hydrogen-bond donors (Lipinski definition) is 3. The first kappa shape index (κ1) is 14.0. The van der Waals surface area contributed by atoms with Crippen molar-refractivity contribution in [1.82, 2.24) is 5.32 Å². The third kappa shape index (κ3) is 3.33. The summed E-state index contributed by atoms with van der Waals surface area (Å²) in [5.74, 6) is -0.866. The molecule has 5 nitrogen and oxygen atoms in total. The van der Waals surface area contributed by atoms with Gasteiger partial charge in [0.1, 0.15) is 0 Å². The van der Waals surface area contributed by atoms with Crippen LogP contribution in [0.2, 0.25) is 0 Å². The van der Waals surface area contributed by atoms with Gasteiger partial charge in [0.05, 0.1) is 11.6 Å². The van der Waals surface area contributed by atoms with Gasteiger partial charge in [-0.15, -0.1) is 0 Å². The number of rotatable bonds is 3. The topological polar surface area (TPSA) is 78.4 Å². The summed E-state index contributed by atoms with van der Waals surface area (Å²) in [5, 5.41) is 14.9. The molecule has 2 rings (SSSR count). The quantitative estimate of drug-likeness (QED) is 0.794. The molecular weight excluding hydrogens is 312 g/mol. The Morgan fingerprint density at radius 1 is 1.42 bits per heavy atom. The van der Waals surface area contributed by atoms with E-state index in [0.717, 1.165) is 13.0 Å². The van der Waals surface area contributed by atoms with Gasteiger partial charge in [0, 0.05) is 10.2 Å². The summed E-state index contributed by atoms with van der Waals surface area (Å²) < 4.78 is 0.620. The second kappa shape index (κ2) is 5.71. The fourth-order valence-electron chi connectivity index (χ4n) is 2.19. The molecule has 1 fully saturated rings. The first-order valence-electron chi connectivity index (χ1n) is 6.05. The van der Waals surface area contributed by atoms with Crippen LogP contribution in [0.25, 0.3) is 0 Å². The lowest BCUT2D eigenvalue weighted by atomic mass is 10.0. The number of carboxylic acids is 1. The van der Waals surface area contributed by atoms with Crippen molar-refractivity contribution < 1.29 is 14.7 Å². The molecule has 3 N–H and O–H groups in total. The molecule has 0 aliphatic carbocycles. The molecule has 2 unspecified atom stereocenters. The van der Waals surface area contributed by atoms with Crippen molar-refractivity contribution in [3.8, 4) is 0 Å². The number of anilines is 1. The molecule has 1 saturated heterocycles. The standard InChI is InChI=1S/C13H15BrN2O3/c1-7-2-3-15-11(7)12(17)16-10-5-8(13(18)19)4-9(14)6-10/h4-7,11,15H,2-3H2,1H3,(H,16,17)(H,18,19). The number of benzene rings is 1. The second-order valence-electron chi connectivity index (χ2n) is 4.72. The zero-order valence-electron chi connectivity index (χ0n) is 10.4. The second-order valence-corrected chi connectivity index (χ2v) is 5.64. The molecule has 1 aliphatic heterocycles. The highest BCUT2D eigenvalue weighted by Gasteiger charge is 2.29. The van der Waals surface area contributed by atoms with Gasteiger partial charge in [0.15, 0.2) is 0 Å². The van der Waals surface area contributed by atoms with Crippen molar-refractivity contribution in [2.45, 2.75) is 19.4 Å². The van der Waals surface area contributed by atoms with Crippen molar-refractivity contribution in [2.75, 3.05) is 11.9 Å². The number of halogens is 1. The summed E-state index contributed by atoms with van der Waals surface area (Å²) in [6.07, 6.45) is 0.969. The molecule has 1 aromatic rings. The summed E-state index contributed by atoms with van der Waals surface area (Å²) in [7, 11) is 0. The molecule has 0 saturated carbocycles. The van der Waals surface area contributed by atoms with E-state index in [1.807, 2.05) is 6.92 Å². The first-order valence-corrected chi connectivity index (χ1v) is 6.85. The maximum absolute atomic E-state index is 12.1. The van der Waals surface area contributed by atoms with Crippen LogP contribution in [0.3, 0.4) is 0 Å². The highest BCUT2D eigenvalue weighted by molar-refractivity contribution is 9.10. The predicted molar refractivity (Wildman–Crippen MR) is 75.3 cm³/mol. The van der Waals surface area contributed by atoms with Crippen molar-refractivity contribution in [1.29, 1.82) is 0 Å². The Morgan fingerprint density at radius 3 is 2.74 bits per heavy atom. The van der Waals surface area contributed by atoms with Crippen LogP contribution >= 0.6 is 15.9 Å². The Hall–Kier alpha value is -1.40. The Bertz CT molecular complexity index is 519. The average molecular weight is 327 g/mol. The van der Waals surface area contributed by atoms with Crippen LogP contribution < -0.4 is 10.6 Å². The van der Waals surface area contributed by atoms with Crippen molar-refractivity contribution in [3.63, 3.8) is 0 Å². The van der Waals surface area contributed by atoms with Gasteiger partial charge in [-0.2, -0.15) is 0 Å². The number of aromatic carboxylic acids is 1. The van der Waals surface area contributed by atoms with Gasteiger partial charge < -0.3 is 15.7 Å². The van der Waals surface area contributed by atoms with E-state index in [9.17, 15) is 9.59 Å². The SMILES string of the molecule is CC1CCNC1C(=O)Nc1cc(Br)cc(C(=O)O)c1. The Kier molecular flexibility index (Phi) is 4.21. The number of amides is 1. The van der Waals surface area contributed by atoms with Gasteiger partial charge in [0.25, 0.3) is 0 Å². The summed E-state index contributed by atoms with van der Waals surface area (Å²) in [6.45, 7) is 2.85. The number of hydrogen-bond acceptors (Lipinski definition) is 3. The Balaban J connectivity index is 2.14. The minimum absolute atomic E-state index is 0.126. The lowest BCUT2D eigenvalue weighted by Gasteiger charge is -2.15.